The van der Waals surface area contributed by atoms with E-state index in [1.165, 1.54) is 82.9 Å². The Morgan fingerprint density at radius 2 is 1.01 bits per heavy atom. The summed E-state index contributed by atoms with van der Waals surface area (Å²) in [6.07, 6.45) is 27.8. The summed E-state index contributed by atoms with van der Waals surface area (Å²) < 4.78 is 4.98. The van der Waals surface area contributed by atoms with Crippen molar-refractivity contribution in [3.63, 3.8) is 0 Å². The molecule has 8 aromatic carbocycles. The van der Waals surface area contributed by atoms with E-state index in [1.807, 2.05) is 0 Å². The molecule has 0 N–H and O–H groups in total. The average molecular weight is 901 g/mol. The van der Waals surface area contributed by atoms with Gasteiger partial charge in [-0.3, -0.25) is 0 Å². The molecule has 0 amide bonds. The number of para-hydroxylation sites is 3. The number of nitrogens with zero attached hydrogens (tertiary/aromatic N) is 4. The molecule has 10 aromatic rings. The number of allylic oxidation sites excluding steroid dienone is 12. The Morgan fingerprint density at radius 3 is 1.70 bits per heavy atom. The van der Waals surface area contributed by atoms with Crippen LogP contribution >= 0.6 is 0 Å². The summed E-state index contributed by atoms with van der Waals surface area (Å²) in [5.74, 6) is 0. The van der Waals surface area contributed by atoms with Crippen LogP contribution in [0.2, 0.25) is 0 Å². The van der Waals surface area contributed by atoms with E-state index in [2.05, 4.69) is 268 Å². The summed E-state index contributed by atoms with van der Waals surface area (Å²) in [6.45, 7) is 0. The SMILES string of the molecule is C1=CCCC(N(c2ccc(-c3cccc(-c4ccc(N(c5ccccc5)c5ccc6c7ccccc7n(C7C=CC=CC7)c6c5)cc4)c3)cc2)c2ccc3c4ccccc4n(C4=CCCC=C4)c3c2)=C1. The van der Waals surface area contributed by atoms with Gasteiger partial charge in [-0.15, -0.1) is 0 Å². The predicted molar refractivity (Wildman–Crippen MR) is 298 cm³/mol. The topological polar surface area (TPSA) is 16.3 Å². The van der Waals surface area contributed by atoms with E-state index < -0.39 is 0 Å². The fourth-order valence-corrected chi connectivity index (χ4v) is 11.2. The normalized spacial score (nSPS) is 15.5. The zero-order valence-electron chi connectivity index (χ0n) is 39.1. The minimum absolute atomic E-state index is 0.260. The molecule has 3 aliphatic carbocycles. The van der Waals surface area contributed by atoms with Gasteiger partial charge >= 0.3 is 0 Å². The molecule has 0 spiro atoms. The maximum absolute atomic E-state index is 2.53. The van der Waals surface area contributed by atoms with Crippen molar-refractivity contribution in [1.82, 2.24) is 9.13 Å². The van der Waals surface area contributed by atoms with Crippen molar-refractivity contribution < 1.29 is 0 Å². The second-order valence-electron chi connectivity index (χ2n) is 18.7. The Balaban J connectivity index is 0.825. The minimum atomic E-state index is 0.260. The first-order valence-corrected chi connectivity index (χ1v) is 24.8. The summed E-state index contributed by atoms with van der Waals surface area (Å²) >= 11 is 0. The van der Waals surface area contributed by atoms with Crippen LogP contribution < -0.4 is 9.80 Å². The first kappa shape index (κ1) is 41.6. The number of rotatable bonds is 10. The number of anilines is 5. The maximum atomic E-state index is 2.53. The molecule has 1 unspecified atom stereocenters. The lowest BCUT2D eigenvalue weighted by molar-refractivity contribution is 0.648. The molecule has 0 bridgehead atoms. The van der Waals surface area contributed by atoms with Crippen LogP contribution in [-0.2, 0) is 0 Å². The molecular weight excluding hydrogens is 849 g/mol. The number of fused-ring (bicyclic) bond motifs is 6. The fourth-order valence-electron chi connectivity index (χ4n) is 11.2. The molecule has 3 aliphatic rings. The molecule has 70 heavy (non-hydrogen) atoms. The van der Waals surface area contributed by atoms with Gasteiger partial charge in [-0.2, -0.15) is 0 Å². The standard InChI is InChI=1S/C66H52N4/c1-5-20-51(21-6-1)67(57-40-42-61-59-28-13-15-30-63(59)69(65(61)45-57)53-24-9-3-10-25-53)55-36-32-47(33-37-55)49-18-17-19-50(44-49)48-34-38-56(39-35-48)68(52-22-7-2-8-23-52)58-41-43-62-60-29-14-16-31-64(60)70(66(62)46-58)54-26-11-4-12-27-54/h1-3,5-7,9-11,13-22,24,26-46,53H,4,8,12,23,25H2. The van der Waals surface area contributed by atoms with E-state index in [9.17, 15) is 0 Å². The molecule has 0 saturated heterocycles. The quantitative estimate of drug-likeness (QED) is 0.136. The molecular formula is C66H52N4. The third kappa shape index (κ3) is 7.41. The van der Waals surface area contributed by atoms with Crippen LogP contribution in [0, 0.1) is 0 Å². The van der Waals surface area contributed by atoms with E-state index in [0.29, 0.717) is 0 Å². The van der Waals surface area contributed by atoms with Crippen molar-refractivity contribution in [3.8, 4) is 22.3 Å². The third-order valence-electron chi connectivity index (χ3n) is 14.5. The highest BCUT2D eigenvalue weighted by Gasteiger charge is 2.22. The zero-order valence-corrected chi connectivity index (χ0v) is 39.1. The van der Waals surface area contributed by atoms with Gasteiger partial charge in [-0.25, -0.2) is 0 Å². The highest BCUT2D eigenvalue weighted by Crippen LogP contribution is 2.43. The van der Waals surface area contributed by atoms with Gasteiger partial charge in [0.25, 0.3) is 0 Å². The summed E-state index contributed by atoms with van der Waals surface area (Å²) in [7, 11) is 0. The Bertz CT molecular complexity index is 3800. The lowest BCUT2D eigenvalue weighted by atomic mass is 9.98. The van der Waals surface area contributed by atoms with Crippen molar-refractivity contribution >= 4 is 77.7 Å². The Kier molecular flexibility index (Phi) is 10.6. The van der Waals surface area contributed by atoms with E-state index in [1.54, 1.807) is 0 Å². The molecule has 0 aliphatic heterocycles. The highest BCUT2D eigenvalue weighted by atomic mass is 15.2. The van der Waals surface area contributed by atoms with Crippen LogP contribution in [0.5, 0.6) is 0 Å². The largest absolute Gasteiger partial charge is 0.333 e. The second kappa shape index (κ2) is 17.8. The van der Waals surface area contributed by atoms with Crippen molar-refractivity contribution in [3.05, 3.63) is 255 Å². The highest BCUT2D eigenvalue weighted by molar-refractivity contribution is 6.12. The first-order valence-electron chi connectivity index (χ1n) is 24.8. The van der Waals surface area contributed by atoms with E-state index in [0.717, 1.165) is 54.9 Å². The average Bonchev–Trinajstić information content (AvgIpc) is 3.95. The number of aromatic nitrogens is 2. The summed E-state index contributed by atoms with van der Waals surface area (Å²) in [4.78, 5) is 4.84. The Hall–Kier alpha value is -8.60. The molecule has 13 rings (SSSR count). The number of benzene rings is 8. The van der Waals surface area contributed by atoms with Gasteiger partial charge in [0.2, 0.25) is 0 Å². The van der Waals surface area contributed by atoms with Crippen LogP contribution in [0.15, 0.2) is 255 Å². The number of hydrogen-bond acceptors (Lipinski definition) is 2. The van der Waals surface area contributed by atoms with Gasteiger partial charge in [0, 0.05) is 66.9 Å². The smallest absolute Gasteiger partial charge is 0.0561 e. The van der Waals surface area contributed by atoms with Gasteiger partial charge < -0.3 is 18.9 Å². The van der Waals surface area contributed by atoms with Crippen LogP contribution in [-0.4, -0.2) is 9.13 Å². The molecule has 2 aromatic heterocycles. The van der Waals surface area contributed by atoms with Gasteiger partial charge in [0.05, 0.1) is 22.6 Å². The minimum Gasteiger partial charge on any atom is -0.333 e. The van der Waals surface area contributed by atoms with E-state index >= 15 is 0 Å². The zero-order chi connectivity index (χ0) is 46.4. The lowest BCUT2D eigenvalue weighted by Crippen LogP contribution is -2.17. The summed E-state index contributed by atoms with van der Waals surface area (Å²) in [5.41, 5.74) is 18.0. The van der Waals surface area contributed by atoms with E-state index in [-0.39, 0.29) is 6.04 Å². The van der Waals surface area contributed by atoms with Crippen LogP contribution in [0.4, 0.5) is 28.4 Å². The van der Waals surface area contributed by atoms with Gasteiger partial charge in [-0.1, -0.05) is 158 Å². The molecule has 0 radical (unpaired) electrons. The Morgan fingerprint density at radius 1 is 0.400 bits per heavy atom. The van der Waals surface area contributed by atoms with Crippen molar-refractivity contribution in [1.29, 1.82) is 0 Å². The van der Waals surface area contributed by atoms with E-state index in [4.69, 9.17) is 0 Å². The van der Waals surface area contributed by atoms with Crippen LogP contribution in [0.25, 0.3) is 71.6 Å². The van der Waals surface area contributed by atoms with Crippen molar-refractivity contribution in [2.75, 3.05) is 9.80 Å². The van der Waals surface area contributed by atoms with Gasteiger partial charge in [-0.05, 0) is 145 Å². The van der Waals surface area contributed by atoms with Crippen molar-refractivity contribution in [2.24, 2.45) is 0 Å². The lowest BCUT2D eigenvalue weighted by Gasteiger charge is -2.29. The fraction of sp³-hybridized carbons (Fsp3) is 0.0909. The molecule has 4 heteroatoms. The first-order chi connectivity index (χ1) is 34.7. The van der Waals surface area contributed by atoms with Gasteiger partial charge in [0.1, 0.15) is 0 Å². The van der Waals surface area contributed by atoms with Crippen molar-refractivity contribution in [2.45, 2.75) is 38.1 Å². The molecule has 4 nitrogen and oxygen atoms in total. The molecule has 336 valence electrons. The Labute approximate surface area is 409 Å². The molecule has 2 heterocycles. The predicted octanol–water partition coefficient (Wildman–Crippen LogP) is 18.3. The third-order valence-corrected chi connectivity index (χ3v) is 14.5. The maximum Gasteiger partial charge on any atom is 0.0561 e. The monoisotopic (exact) mass is 900 g/mol. The molecule has 1 atom stereocenters. The van der Waals surface area contributed by atoms with Crippen LogP contribution in [0.1, 0.15) is 38.1 Å². The number of hydrogen-bond donors (Lipinski definition) is 0. The van der Waals surface area contributed by atoms with Gasteiger partial charge in [0.15, 0.2) is 0 Å². The molecule has 0 fully saturated rings. The summed E-state index contributed by atoms with van der Waals surface area (Å²) in [6, 6.07) is 69.8. The summed E-state index contributed by atoms with van der Waals surface area (Å²) in [5, 5.41) is 5.13. The van der Waals surface area contributed by atoms with Crippen LogP contribution in [0.3, 0.4) is 0 Å². The second-order valence-corrected chi connectivity index (χ2v) is 18.7. The molecule has 0 saturated carbocycles.